The highest BCUT2D eigenvalue weighted by molar-refractivity contribution is 9.10. The molecule has 1 heterocycles. The highest BCUT2D eigenvalue weighted by Crippen LogP contribution is 2.26. The standard InChI is InChI=1S/C13H15BrN2S/c1-8-7-17-13(16-8)6-12(15)10-4-3-5-11(14)9(10)2/h3-5,7,12H,6,15H2,1-2H3. The molecule has 0 aliphatic carbocycles. The lowest BCUT2D eigenvalue weighted by atomic mass is 10.00. The van der Waals surface area contributed by atoms with E-state index in [-0.39, 0.29) is 6.04 Å². The summed E-state index contributed by atoms with van der Waals surface area (Å²) in [4.78, 5) is 4.46. The molecule has 1 atom stereocenters. The molecule has 1 aromatic carbocycles. The molecule has 17 heavy (non-hydrogen) atoms. The van der Waals surface area contributed by atoms with Gasteiger partial charge in [0, 0.05) is 28.0 Å². The van der Waals surface area contributed by atoms with Crippen LogP contribution in [-0.2, 0) is 6.42 Å². The topological polar surface area (TPSA) is 38.9 Å². The van der Waals surface area contributed by atoms with Crippen molar-refractivity contribution in [2.24, 2.45) is 5.73 Å². The van der Waals surface area contributed by atoms with Gasteiger partial charge in [-0.1, -0.05) is 28.1 Å². The van der Waals surface area contributed by atoms with Gasteiger partial charge < -0.3 is 5.73 Å². The molecule has 0 saturated carbocycles. The summed E-state index contributed by atoms with van der Waals surface area (Å²) in [5.74, 6) is 0. The summed E-state index contributed by atoms with van der Waals surface area (Å²) < 4.78 is 1.11. The first-order valence-electron chi connectivity index (χ1n) is 5.49. The van der Waals surface area contributed by atoms with Crippen molar-refractivity contribution in [3.05, 3.63) is 49.9 Å². The molecule has 0 aliphatic heterocycles. The van der Waals surface area contributed by atoms with Crippen LogP contribution in [-0.4, -0.2) is 4.98 Å². The molecule has 0 radical (unpaired) electrons. The molecular formula is C13H15BrN2S. The zero-order valence-corrected chi connectivity index (χ0v) is 12.3. The molecule has 2 N–H and O–H groups in total. The van der Waals surface area contributed by atoms with E-state index in [0.717, 1.165) is 21.6 Å². The molecule has 0 bridgehead atoms. The number of thiazole rings is 1. The molecule has 0 spiro atoms. The molecule has 90 valence electrons. The van der Waals surface area contributed by atoms with Gasteiger partial charge >= 0.3 is 0 Å². The van der Waals surface area contributed by atoms with Crippen molar-refractivity contribution in [3.63, 3.8) is 0 Å². The molecule has 0 amide bonds. The van der Waals surface area contributed by atoms with Crippen LogP contribution in [0.15, 0.2) is 28.1 Å². The average molecular weight is 311 g/mol. The van der Waals surface area contributed by atoms with Crippen LogP contribution in [0.5, 0.6) is 0 Å². The first kappa shape index (κ1) is 12.7. The van der Waals surface area contributed by atoms with E-state index in [1.54, 1.807) is 11.3 Å². The van der Waals surface area contributed by atoms with Gasteiger partial charge in [0.1, 0.15) is 0 Å². The first-order valence-corrected chi connectivity index (χ1v) is 7.17. The van der Waals surface area contributed by atoms with Gasteiger partial charge in [-0.05, 0) is 31.0 Å². The Morgan fingerprint density at radius 3 is 2.82 bits per heavy atom. The number of halogens is 1. The number of rotatable bonds is 3. The zero-order chi connectivity index (χ0) is 12.4. The second-order valence-corrected chi connectivity index (χ2v) is 5.94. The van der Waals surface area contributed by atoms with Gasteiger partial charge in [-0.15, -0.1) is 11.3 Å². The fourth-order valence-electron chi connectivity index (χ4n) is 1.82. The third-order valence-corrected chi connectivity index (χ3v) is 4.62. The van der Waals surface area contributed by atoms with Crippen LogP contribution in [0.25, 0.3) is 0 Å². The minimum Gasteiger partial charge on any atom is -0.324 e. The Morgan fingerprint density at radius 1 is 1.41 bits per heavy atom. The summed E-state index contributed by atoms with van der Waals surface area (Å²) in [5.41, 5.74) is 9.73. The molecular weight excluding hydrogens is 296 g/mol. The predicted molar refractivity (Wildman–Crippen MR) is 76.4 cm³/mol. The van der Waals surface area contributed by atoms with Crippen LogP contribution >= 0.6 is 27.3 Å². The average Bonchev–Trinajstić information content (AvgIpc) is 2.68. The number of nitrogens with zero attached hydrogens (tertiary/aromatic N) is 1. The highest BCUT2D eigenvalue weighted by atomic mass is 79.9. The first-order chi connectivity index (χ1) is 8.08. The summed E-state index contributed by atoms with van der Waals surface area (Å²) >= 11 is 5.22. The van der Waals surface area contributed by atoms with Gasteiger partial charge in [-0.3, -0.25) is 0 Å². The molecule has 0 saturated heterocycles. The summed E-state index contributed by atoms with van der Waals surface area (Å²) in [7, 11) is 0. The van der Waals surface area contributed by atoms with Gasteiger partial charge in [0.2, 0.25) is 0 Å². The summed E-state index contributed by atoms with van der Waals surface area (Å²) in [6.07, 6.45) is 0.801. The van der Waals surface area contributed by atoms with Gasteiger partial charge in [0.25, 0.3) is 0 Å². The maximum absolute atomic E-state index is 6.25. The minimum absolute atomic E-state index is 0.0121. The maximum atomic E-state index is 6.25. The maximum Gasteiger partial charge on any atom is 0.0947 e. The third kappa shape index (κ3) is 2.94. The number of nitrogens with two attached hydrogens (primary N) is 1. The van der Waals surface area contributed by atoms with Gasteiger partial charge in [-0.2, -0.15) is 0 Å². The molecule has 2 rings (SSSR count). The van der Waals surface area contributed by atoms with Crippen LogP contribution in [0, 0.1) is 13.8 Å². The van der Waals surface area contributed by atoms with Crippen molar-refractivity contribution in [3.8, 4) is 0 Å². The number of aromatic nitrogens is 1. The van der Waals surface area contributed by atoms with Crippen LogP contribution < -0.4 is 5.73 Å². The minimum atomic E-state index is 0.0121. The van der Waals surface area contributed by atoms with Crippen molar-refractivity contribution in [1.82, 2.24) is 4.98 Å². The largest absolute Gasteiger partial charge is 0.324 e. The van der Waals surface area contributed by atoms with Crippen LogP contribution in [0.1, 0.15) is 27.9 Å². The second-order valence-electron chi connectivity index (χ2n) is 4.15. The Morgan fingerprint density at radius 2 is 2.18 bits per heavy atom. The molecule has 2 aromatic rings. The molecule has 2 nitrogen and oxygen atoms in total. The van der Waals surface area contributed by atoms with Crippen LogP contribution in [0.3, 0.4) is 0 Å². The normalized spacial score (nSPS) is 12.7. The predicted octanol–water partition coefficient (Wildman–Crippen LogP) is 3.76. The fraction of sp³-hybridized carbons (Fsp3) is 0.308. The Hall–Kier alpha value is -0.710. The lowest BCUT2D eigenvalue weighted by Gasteiger charge is -2.14. The van der Waals surface area contributed by atoms with E-state index in [4.69, 9.17) is 5.73 Å². The van der Waals surface area contributed by atoms with E-state index < -0.39 is 0 Å². The van der Waals surface area contributed by atoms with Crippen LogP contribution in [0.4, 0.5) is 0 Å². The molecule has 4 heteroatoms. The third-order valence-electron chi connectivity index (χ3n) is 2.77. The second kappa shape index (κ2) is 5.29. The Labute approximate surface area is 114 Å². The van der Waals surface area contributed by atoms with E-state index in [9.17, 15) is 0 Å². The van der Waals surface area contributed by atoms with Gasteiger partial charge in [0.05, 0.1) is 5.01 Å². The number of aryl methyl sites for hydroxylation is 1. The van der Waals surface area contributed by atoms with Crippen molar-refractivity contribution in [1.29, 1.82) is 0 Å². The summed E-state index contributed by atoms with van der Waals surface area (Å²) in [5, 5.41) is 3.17. The Balaban J connectivity index is 2.20. The Bertz CT molecular complexity index is 522. The lowest BCUT2D eigenvalue weighted by Crippen LogP contribution is -2.14. The SMILES string of the molecule is Cc1csc(CC(N)c2cccc(Br)c2C)n1. The van der Waals surface area contributed by atoms with Crippen molar-refractivity contribution >= 4 is 27.3 Å². The van der Waals surface area contributed by atoms with Crippen LogP contribution in [0.2, 0.25) is 0 Å². The molecule has 1 unspecified atom stereocenters. The van der Waals surface area contributed by atoms with Gasteiger partial charge in [-0.25, -0.2) is 4.98 Å². The Kier molecular flexibility index (Phi) is 3.97. The van der Waals surface area contributed by atoms with E-state index in [2.05, 4.69) is 39.3 Å². The number of benzene rings is 1. The molecule has 0 fully saturated rings. The zero-order valence-electron chi connectivity index (χ0n) is 9.90. The van der Waals surface area contributed by atoms with Gasteiger partial charge in [0.15, 0.2) is 0 Å². The summed E-state index contributed by atoms with van der Waals surface area (Å²) in [6.45, 7) is 4.10. The summed E-state index contributed by atoms with van der Waals surface area (Å²) in [6, 6.07) is 6.17. The quantitative estimate of drug-likeness (QED) is 0.937. The van der Waals surface area contributed by atoms with Crippen molar-refractivity contribution in [2.75, 3.05) is 0 Å². The van der Waals surface area contributed by atoms with Crippen molar-refractivity contribution in [2.45, 2.75) is 26.3 Å². The monoisotopic (exact) mass is 310 g/mol. The van der Waals surface area contributed by atoms with Crippen molar-refractivity contribution < 1.29 is 0 Å². The van der Waals surface area contributed by atoms with E-state index in [0.29, 0.717) is 0 Å². The van der Waals surface area contributed by atoms with E-state index in [1.165, 1.54) is 11.1 Å². The van der Waals surface area contributed by atoms with E-state index in [1.807, 2.05) is 19.1 Å². The highest BCUT2D eigenvalue weighted by Gasteiger charge is 2.12. The molecule has 0 aliphatic rings. The molecule has 1 aromatic heterocycles. The smallest absolute Gasteiger partial charge is 0.0947 e. The number of hydrogen-bond donors (Lipinski definition) is 1. The fourth-order valence-corrected chi connectivity index (χ4v) is 3.03. The van der Waals surface area contributed by atoms with E-state index >= 15 is 0 Å². The lowest BCUT2D eigenvalue weighted by molar-refractivity contribution is 0.711. The number of hydrogen-bond acceptors (Lipinski definition) is 3.